The summed E-state index contributed by atoms with van der Waals surface area (Å²) in [7, 11) is 1.63. The van der Waals surface area contributed by atoms with E-state index in [1.807, 2.05) is 42.5 Å². The van der Waals surface area contributed by atoms with Crippen LogP contribution in [0.1, 0.15) is 17.5 Å². The molecule has 0 spiro atoms. The van der Waals surface area contributed by atoms with Crippen molar-refractivity contribution in [3.63, 3.8) is 0 Å². The average Bonchev–Trinajstić information content (AvgIpc) is 3.20. The maximum absolute atomic E-state index is 12.1. The van der Waals surface area contributed by atoms with Gasteiger partial charge in [-0.3, -0.25) is 9.78 Å². The Kier molecular flexibility index (Phi) is 6.07. The number of pyridine rings is 1. The topological polar surface area (TPSA) is 64.4 Å². The Hall–Kier alpha value is -2.60. The highest BCUT2D eigenvalue weighted by Crippen LogP contribution is 2.26. The van der Waals surface area contributed by atoms with Crippen LogP contribution in [0.5, 0.6) is 5.75 Å². The number of nitrogens with zero attached hydrogens (tertiary/aromatic N) is 1. The molecule has 0 aliphatic rings. The van der Waals surface area contributed by atoms with E-state index in [4.69, 9.17) is 9.15 Å². The Morgan fingerprint density at radius 1 is 1.23 bits per heavy atom. The fourth-order valence-electron chi connectivity index (χ4n) is 2.56. The Morgan fingerprint density at radius 3 is 2.85 bits per heavy atom. The SMILES string of the molecule is COc1ccc(CCC(=O)NCc2ccnc(-c3ccco3)c2)cc1Br. The number of ether oxygens (including phenoxy) is 1. The minimum absolute atomic E-state index is 0.00769. The maximum atomic E-state index is 12.1. The molecule has 0 atom stereocenters. The molecule has 0 radical (unpaired) electrons. The summed E-state index contributed by atoms with van der Waals surface area (Å²) in [5, 5.41) is 2.95. The zero-order valence-electron chi connectivity index (χ0n) is 14.4. The van der Waals surface area contributed by atoms with E-state index in [1.54, 1.807) is 19.6 Å². The maximum Gasteiger partial charge on any atom is 0.220 e. The van der Waals surface area contributed by atoms with Gasteiger partial charge in [-0.15, -0.1) is 0 Å². The van der Waals surface area contributed by atoms with E-state index in [-0.39, 0.29) is 5.91 Å². The number of amides is 1. The third-order valence-corrected chi connectivity index (χ3v) is 4.56. The summed E-state index contributed by atoms with van der Waals surface area (Å²) in [6, 6.07) is 13.3. The lowest BCUT2D eigenvalue weighted by Crippen LogP contribution is -2.23. The van der Waals surface area contributed by atoms with Crippen LogP contribution in [-0.4, -0.2) is 18.0 Å². The second-order valence-electron chi connectivity index (χ2n) is 5.77. The van der Waals surface area contributed by atoms with Gasteiger partial charge < -0.3 is 14.5 Å². The Labute approximate surface area is 160 Å². The summed E-state index contributed by atoms with van der Waals surface area (Å²) in [6.07, 6.45) is 4.43. The number of carbonyl (C=O) groups excluding carboxylic acids is 1. The molecule has 2 aromatic heterocycles. The molecule has 2 heterocycles. The lowest BCUT2D eigenvalue weighted by molar-refractivity contribution is -0.121. The smallest absolute Gasteiger partial charge is 0.220 e. The lowest BCUT2D eigenvalue weighted by atomic mass is 10.1. The van der Waals surface area contributed by atoms with Gasteiger partial charge in [-0.1, -0.05) is 6.07 Å². The van der Waals surface area contributed by atoms with Gasteiger partial charge in [0.05, 0.1) is 17.8 Å². The third kappa shape index (κ3) is 4.73. The second-order valence-corrected chi connectivity index (χ2v) is 6.63. The van der Waals surface area contributed by atoms with Gasteiger partial charge in [0.15, 0.2) is 5.76 Å². The molecule has 134 valence electrons. The summed E-state index contributed by atoms with van der Waals surface area (Å²) >= 11 is 3.46. The van der Waals surface area contributed by atoms with E-state index in [0.717, 1.165) is 27.0 Å². The van der Waals surface area contributed by atoms with Crippen LogP contribution in [0.25, 0.3) is 11.5 Å². The van der Waals surface area contributed by atoms with Crippen LogP contribution in [0, 0.1) is 0 Å². The molecule has 0 fully saturated rings. The first-order valence-electron chi connectivity index (χ1n) is 8.23. The van der Waals surface area contributed by atoms with Gasteiger partial charge in [0.25, 0.3) is 0 Å². The molecule has 0 saturated heterocycles. The van der Waals surface area contributed by atoms with Crippen LogP contribution >= 0.6 is 15.9 Å². The first kappa shape index (κ1) is 18.2. The fourth-order valence-corrected chi connectivity index (χ4v) is 3.14. The summed E-state index contributed by atoms with van der Waals surface area (Å²) < 4.78 is 11.5. The van der Waals surface area contributed by atoms with E-state index in [2.05, 4.69) is 26.2 Å². The van der Waals surface area contributed by atoms with Crippen molar-refractivity contribution in [1.82, 2.24) is 10.3 Å². The van der Waals surface area contributed by atoms with Crippen molar-refractivity contribution < 1.29 is 13.9 Å². The van der Waals surface area contributed by atoms with E-state index < -0.39 is 0 Å². The zero-order valence-corrected chi connectivity index (χ0v) is 16.0. The highest BCUT2D eigenvalue weighted by atomic mass is 79.9. The second kappa shape index (κ2) is 8.67. The largest absolute Gasteiger partial charge is 0.496 e. The molecular formula is C20H19BrN2O3. The predicted octanol–water partition coefficient (Wildman–Crippen LogP) is 4.36. The van der Waals surface area contributed by atoms with Crippen molar-refractivity contribution in [1.29, 1.82) is 0 Å². The lowest BCUT2D eigenvalue weighted by Gasteiger charge is -2.08. The predicted molar refractivity (Wildman–Crippen MR) is 103 cm³/mol. The number of hydrogen-bond acceptors (Lipinski definition) is 4. The molecule has 1 N–H and O–H groups in total. The Balaban J connectivity index is 1.51. The first-order valence-corrected chi connectivity index (χ1v) is 9.03. The van der Waals surface area contributed by atoms with Crippen LogP contribution < -0.4 is 10.1 Å². The van der Waals surface area contributed by atoms with Gasteiger partial charge in [0, 0.05) is 19.2 Å². The van der Waals surface area contributed by atoms with Gasteiger partial charge in [0.1, 0.15) is 11.4 Å². The van der Waals surface area contributed by atoms with Crippen molar-refractivity contribution in [3.8, 4) is 17.2 Å². The fraction of sp³-hybridized carbons (Fsp3) is 0.200. The van der Waals surface area contributed by atoms with E-state index in [1.165, 1.54) is 0 Å². The van der Waals surface area contributed by atoms with Crippen LogP contribution in [0.4, 0.5) is 0 Å². The molecule has 3 rings (SSSR count). The molecule has 0 unspecified atom stereocenters. The minimum Gasteiger partial charge on any atom is -0.496 e. The van der Waals surface area contributed by atoms with E-state index in [0.29, 0.717) is 25.1 Å². The van der Waals surface area contributed by atoms with Gasteiger partial charge in [-0.25, -0.2) is 0 Å². The van der Waals surface area contributed by atoms with E-state index in [9.17, 15) is 4.79 Å². The number of nitrogens with one attached hydrogen (secondary N) is 1. The standard InChI is InChI=1S/C20H19BrN2O3/c1-25-18-6-4-14(11-16(18)21)5-7-20(24)23-13-15-8-9-22-17(12-15)19-3-2-10-26-19/h2-4,6,8-12H,5,7,13H2,1H3,(H,23,24). The molecule has 26 heavy (non-hydrogen) atoms. The highest BCUT2D eigenvalue weighted by Gasteiger charge is 2.07. The molecule has 3 aromatic rings. The number of rotatable bonds is 7. The molecular weight excluding hydrogens is 396 g/mol. The minimum atomic E-state index is 0.00769. The Morgan fingerprint density at radius 2 is 2.12 bits per heavy atom. The number of methoxy groups -OCH3 is 1. The highest BCUT2D eigenvalue weighted by molar-refractivity contribution is 9.10. The molecule has 0 saturated carbocycles. The average molecular weight is 415 g/mol. The summed E-state index contributed by atoms with van der Waals surface area (Å²) in [6.45, 7) is 0.460. The molecule has 1 amide bonds. The first-order chi connectivity index (χ1) is 12.7. The number of furan rings is 1. The monoisotopic (exact) mass is 414 g/mol. The number of aryl methyl sites for hydroxylation is 1. The van der Waals surface area contributed by atoms with Crippen molar-refractivity contribution in [3.05, 3.63) is 70.5 Å². The van der Waals surface area contributed by atoms with Crippen molar-refractivity contribution in [2.75, 3.05) is 7.11 Å². The van der Waals surface area contributed by atoms with Gasteiger partial charge in [0.2, 0.25) is 5.91 Å². The van der Waals surface area contributed by atoms with Gasteiger partial charge in [-0.2, -0.15) is 0 Å². The van der Waals surface area contributed by atoms with Crippen molar-refractivity contribution in [2.24, 2.45) is 0 Å². The van der Waals surface area contributed by atoms with Gasteiger partial charge >= 0.3 is 0 Å². The quantitative estimate of drug-likeness (QED) is 0.623. The van der Waals surface area contributed by atoms with Crippen molar-refractivity contribution >= 4 is 21.8 Å². The van der Waals surface area contributed by atoms with E-state index >= 15 is 0 Å². The Bertz CT molecular complexity index is 879. The zero-order chi connectivity index (χ0) is 18.4. The summed E-state index contributed by atoms with van der Waals surface area (Å²) in [4.78, 5) is 16.4. The van der Waals surface area contributed by atoms with Crippen molar-refractivity contribution in [2.45, 2.75) is 19.4 Å². The number of aromatic nitrogens is 1. The van der Waals surface area contributed by atoms with Crippen LogP contribution in [-0.2, 0) is 17.8 Å². The molecule has 0 aliphatic heterocycles. The van der Waals surface area contributed by atoms with Crippen LogP contribution in [0.15, 0.2) is 63.8 Å². The van der Waals surface area contributed by atoms with Crippen LogP contribution in [0.3, 0.4) is 0 Å². The third-order valence-electron chi connectivity index (χ3n) is 3.94. The number of hydrogen-bond donors (Lipinski definition) is 1. The van der Waals surface area contributed by atoms with Gasteiger partial charge in [-0.05, 0) is 69.9 Å². The summed E-state index contributed by atoms with van der Waals surface area (Å²) in [5.41, 5.74) is 2.81. The molecule has 6 heteroatoms. The number of halogens is 1. The normalized spacial score (nSPS) is 10.5. The number of carbonyl (C=O) groups is 1. The molecule has 0 bridgehead atoms. The molecule has 0 aliphatic carbocycles. The molecule has 1 aromatic carbocycles. The van der Waals surface area contributed by atoms with Crippen LogP contribution in [0.2, 0.25) is 0 Å². The molecule has 5 nitrogen and oxygen atoms in total. The summed E-state index contributed by atoms with van der Waals surface area (Å²) in [5.74, 6) is 1.50. The number of benzene rings is 1.